The fourth-order valence-electron chi connectivity index (χ4n) is 2.45. The third-order valence-electron chi connectivity index (χ3n) is 3.39. The summed E-state index contributed by atoms with van der Waals surface area (Å²) in [5.74, 6) is 0.0788. The lowest BCUT2D eigenvalue weighted by atomic mass is 10.3. The lowest BCUT2D eigenvalue weighted by Crippen LogP contribution is -2.35. The van der Waals surface area contributed by atoms with Crippen molar-refractivity contribution in [2.24, 2.45) is 0 Å². The van der Waals surface area contributed by atoms with Gasteiger partial charge in [-0.05, 0) is 19.8 Å². The SMILES string of the molecule is CC1OCCC1S(=O)(=O)C1CCC(=O)C1. The quantitative estimate of drug-likeness (QED) is 0.703. The van der Waals surface area contributed by atoms with E-state index in [-0.39, 0.29) is 18.3 Å². The minimum atomic E-state index is -3.17. The Kier molecular flexibility index (Phi) is 2.85. The largest absolute Gasteiger partial charge is 0.377 e. The van der Waals surface area contributed by atoms with E-state index in [0.717, 1.165) is 0 Å². The standard InChI is InChI=1S/C10H16O4S/c1-7-10(4-5-14-7)15(12,13)9-3-2-8(11)6-9/h7,9-10H,2-6H2,1H3. The Labute approximate surface area is 89.9 Å². The first kappa shape index (κ1) is 11.1. The zero-order chi connectivity index (χ0) is 11.1. The van der Waals surface area contributed by atoms with Gasteiger partial charge in [-0.25, -0.2) is 8.42 Å². The molecule has 1 saturated carbocycles. The number of rotatable bonds is 2. The van der Waals surface area contributed by atoms with E-state index in [0.29, 0.717) is 25.9 Å². The lowest BCUT2D eigenvalue weighted by Gasteiger charge is -2.19. The molecule has 1 aliphatic carbocycles. The Bertz CT molecular complexity index is 360. The van der Waals surface area contributed by atoms with Crippen LogP contribution in [0.2, 0.25) is 0 Å². The molecule has 1 heterocycles. The zero-order valence-electron chi connectivity index (χ0n) is 8.81. The van der Waals surface area contributed by atoms with Crippen molar-refractivity contribution in [1.29, 1.82) is 0 Å². The summed E-state index contributed by atoms with van der Waals surface area (Å²) in [6.45, 7) is 2.32. The molecular weight excluding hydrogens is 216 g/mol. The topological polar surface area (TPSA) is 60.4 Å². The van der Waals surface area contributed by atoms with Crippen molar-refractivity contribution in [3.05, 3.63) is 0 Å². The molecule has 0 amide bonds. The molecule has 1 aliphatic heterocycles. The van der Waals surface area contributed by atoms with Gasteiger partial charge in [-0.2, -0.15) is 0 Å². The van der Waals surface area contributed by atoms with Gasteiger partial charge in [-0.3, -0.25) is 4.79 Å². The number of hydrogen-bond acceptors (Lipinski definition) is 4. The Morgan fingerprint density at radius 2 is 2.07 bits per heavy atom. The van der Waals surface area contributed by atoms with E-state index >= 15 is 0 Å². The van der Waals surface area contributed by atoms with Crippen molar-refractivity contribution in [2.75, 3.05) is 6.61 Å². The number of ketones is 1. The van der Waals surface area contributed by atoms with Crippen molar-refractivity contribution in [3.8, 4) is 0 Å². The van der Waals surface area contributed by atoms with E-state index in [1.165, 1.54) is 0 Å². The van der Waals surface area contributed by atoms with Gasteiger partial charge in [0.15, 0.2) is 9.84 Å². The van der Waals surface area contributed by atoms with Crippen LogP contribution in [0.25, 0.3) is 0 Å². The van der Waals surface area contributed by atoms with Gasteiger partial charge < -0.3 is 4.74 Å². The second kappa shape index (κ2) is 3.87. The zero-order valence-corrected chi connectivity index (χ0v) is 9.63. The molecule has 0 radical (unpaired) electrons. The third kappa shape index (κ3) is 1.95. The van der Waals surface area contributed by atoms with E-state index in [1.807, 2.05) is 0 Å². The summed E-state index contributed by atoms with van der Waals surface area (Å²) in [5.41, 5.74) is 0. The van der Waals surface area contributed by atoms with Gasteiger partial charge >= 0.3 is 0 Å². The number of ether oxygens (including phenoxy) is 1. The molecule has 0 aromatic heterocycles. The first-order valence-corrected chi connectivity index (χ1v) is 6.99. The summed E-state index contributed by atoms with van der Waals surface area (Å²) >= 11 is 0. The van der Waals surface area contributed by atoms with E-state index in [4.69, 9.17) is 4.74 Å². The summed E-state index contributed by atoms with van der Waals surface area (Å²) in [5, 5.41) is -0.840. The highest BCUT2D eigenvalue weighted by molar-refractivity contribution is 7.92. The van der Waals surface area contributed by atoms with Crippen LogP contribution >= 0.6 is 0 Å². The summed E-state index contributed by atoms with van der Waals surface area (Å²) in [6.07, 6.45) is 1.50. The van der Waals surface area contributed by atoms with Crippen molar-refractivity contribution >= 4 is 15.6 Å². The Balaban J connectivity index is 2.16. The van der Waals surface area contributed by atoms with Crippen LogP contribution in [0, 0.1) is 0 Å². The smallest absolute Gasteiger partial charge is 0.159 e. The number of hydrogen-bond donors (Lipinski definition) is 0. The molecule has 86 valence electrons. The molecule has 0 aromatic rings. The van der Waals surface area contributed by atoms with Crippen LogP contribution in [0.5, 0.6) is 0 Å². The van der Waals surface area contributed by atoms with Gasteiger partial charge in [0.2, 0.25) is 0 Å². The minimum Gasteiger partial charge on any atom is -0.377 e. The maximum Gasteiger partial charge on any atom is 0.159 e. The molecule has 4 nitrogen and oxygen atoms in total. The van der Waals surface area contributed by atoms with E-state index < -0.39 is 20.3 Å². The fraction of sp³-hybridized carbons (Fsp3) is 0.900. The highest BCUT2D eigenvalue weighted by atomic mass is 32.2. The molecule has 1 saturated heterocycles. The maximum absolute atomic E-state index is 12.2. The molecule has 0 bridgehead atoms. The normalized spacial score (nSPS) is 37.4. The van der Waals surface area contributed by atoms with E-state index in [2.05, 4.69) is 0 Å². The van der Waals surface area contributed by atoms with E-state index in [9.17, 15) is 13.2 Å². The van der Waals surface area contributed by atoms with Crippen LogP contribution in [-0.2, 0) is 19.4 Å². The monoisotopic (exact) mass is 232 g/mol. The van der Waals surface area contributed by atoms with Gasteiger partial charge in [-0.15, -0.1) is 0 Å². The second-order valence-electron chi connectivity index (χ2n) is 4.40. The highest BCUT2D eigenvalue weighted by Gasteiger charge is 2.43. The minimum absolute atomic E-state index is 0.0788. The first-order valence-electron chi connectivity index (χ1n) is 5.38. The molecule has 15 heavy (non-hydrogen) atoms. The molecule has 0 spiro atoms. The van der Waals surface area contributed by atoms with Crippen molar-refractivity contribution < 1.29 is 17.9 Å². The van der Waals surface area contributed by atoms with Crippen LogP contribution in [-0.4, -0.2) is 37.4 Å². The Hall–Kier alpha value is -0.420. The molecule has 3 unspecified atom stereocenters. The average Bonchev–Trinajstić information content (AvgIpc) is 2.74. The molecule has 5 heteroatoms. The van der Waals surface area contributed by atoms with Crippen LogP contribution in [0.15, 0.2) is 0 Å². The summed E-state index contributed by atoms with van der Waals surface area (Å²) < 4.78 is 29.6. The van der Waals surface area contributed by atoms with Gasteiger partial charge in [0.05, 0.1) is 16.6 Å². The number of sulfone groups is 1. The second-order valence-corrected chi connectivity index (χ2v) is 6.85. The van der Waals surface area contributed by atoms with Crippen LogP contribution in [0.1, 0.15) is 32.6 Å². The van der Waals surface area contributed by atoms with Gasteiger partial charge in [0.1, 0.15) is 5.78 Å². The molecule has 2 aliphatic rings. The molecule has 2 fully saturated rings. The molecule has 0 N–H and O–H groups in total. The summed E-state index contributed by atoms with van der Waals surface area (Å²) in [7, 11) is -3.17. The maximum atomic E-state index is 12.2. The van der Waals surface area contributed by atoms with Gasteiger partial charge in [0.25, 0.3) is 0 Å². The van der Waals surface area contributed by atoms with E-state index in [1.54, 1.807) is 6.92 Å². The lowest BCUT2D eigenvalue weighted by molar-refractivity contribution is -0.117. The fourth-order valence-corrected chi connectivity index (χ4v) is 4.85. The number of carbonyl (C=O) groups is 1. The summed E-state index contributed by atoms with van der Waals surface area (Å²) in [6, 6.07) is 0. The summed E-state index contributed by atoms with van der Waals surface area (Å²) in [4.78, 5) is 11.1. The number of Topliss-reactive ketones (excluding diaryl/α,β-unsaturated/α-hetero) is 1. The molecule has 0 aromatic carbocycles. The predicted molar refractivity (Wildman–Crippen MR) is 55.4 cm³/mol. The molecular formula is C10H16O4S. The van der Waals surface area contributed by atoms with Crippen molar-refractivity contribution in [3.63, 3.8) is 0 Å². The van der Waals surface area contributed by atoms with Crippen molar-refractivity contribution in [1.82, 2.24) is 0 Å². The van der Waals surface area contributed by atoms with Crippen molar-refractivity contribution in [2.45, 2.75) is 49.2 Å². The molecule has 3 atom stereocenters. The average molecular weight is 232 g/mol. The molecule has 2 rings (SSSR count). The first-order chi connectivity index (χ1) is 7.01. The predicted octanol–water partition coefficient (Wildman–Crippen LogP) is 0.700. The third-order valence-corrected chi connectivity index (χ3v) is 6.19. The van der Waals surface area contributed by atoms with Crippen LogP contribution in [0.4, 0.5) is 0 Å². The van der Waals surface area contributed by atoms with Crippen LogP contribution < -0.4 is 0 Å². The highest BCUT2D eigenvalue weighted by Crippen LogP contribution is 2.30. The van der Waals surface area contributed by atoms with Crippen LogP contribution in [0.3, 0.4) is 0 Å². The Morgan fingerprint density at radius 3 is 2.53 bits per heavy atom. The van der Waals surface area contributed by atoms with Gasteiger partial charge in [0, 0.05) is 19.4 Å². The Morgan fingerprint density at radius 1 is 1.33 bits per heavy atom. The number of carbonyl (C=O) groups excluding carboxylic acids is 1. The van der Waals surface area contributed by atoms with Gasteiger partial charge in [-0.1, -0.05) is 0 Å².